The molecule has 0 atom stereocenters. The van der Waals surface area contributed by atoms with Gasteiger partial charge in [0.15, 0.2) is 0 Å². The van der Waals surface area contributed by atoms with Crippen LogP contribution in [0.3, 0.4) is 0 Å². The molecule has 1 heterocycles. The topological polar surface area (TPSA) is 12.9 Å². The number of aromatic nitrogens is 1. The van der Waals surface area contributed by atoms with Crippen molar-refractivity contribution in [3.05, 3.63) is 209 Å². The molecule has 0 aliphatic heterocycles. The maximum absolute atomic E-state index is 5.79. The van der Waals surface area contributed by atoms with Crippen molar-refractivity contribution in [1.82, 2.24) is 4.98 Å². The van der Waals surface area contributed by atoms with Crippen LogP contribution in [0.15, 0.2) is 176 Å². The Morgan fingerprint density at radius 1 is 0.346 bits per heavy atom. The fourth-order valence-electron chi connectivity index (χ4n) is 9.89. The van der Waals surface area contributed by atoms with Crippen molar-refractivity contribution in [2.45, 2.75) is 11.8 Å². The van der Waals surface area contributed by atoms with Crippen molar-refractivity contribution < 1.29 is 0 Å². The summed E-state index contributed by atoms with van der Waals surface area (Å²) >= 11 is 0. The van der Waals surface area contributed by atoms with Crippen LogP contribution in [0.1, 0.15) is 45.2 Å². The molecule has 0 saturated heterocycles. The normalized spacial score (nSPS) is 15.7. The third-order valence-electron chi connectivity index (χ3n) is 12.0. The lowest BCUT2D eigenvalue weighted by Crippen LogP contribution is -2.28. The molecule has 1 nitrogen and oxygen atoms in total. The van der Waals surface area contributed by atoms with E-state index in [4.69, 9.17) is 4.98 Å². The molecule has 3 aliphatic rings. The average molecular weight is 658 g/mol. The van der Waals surface area contributed by atoms with Crippen LogP contribution in [0, 0.1) is 0 Å². The van der Waals surface area contributed by atoms with Gasteiger partial charge in [0, 0.05) is 28.2 Å². The molecule has 52 heavy (non-hydrogen) atoms. The molecule has 240 valence electrons. The molecule has 1 aromatic heterocycles. The van der Waals surface area contributed by atoms with Gasteiger partial charge < -0.3 is 0 Å². The summed E-state index contributed by atoms with van der Waals surface area (Å²) in [6.07, 6.45) is 0. The molecule has 13 rings (SSSR count). The van der Waals surface area contributed by atoms with E-state index in [1.165, 1.54) is 98.9 Å². The summed E-state index contributed by atoms with van der Waals surface area (Å²) in [5.41, 5.74) is 16.8. The Kier molecular flexibility index (Phi) is 5.67. The highest BCUT2D eigenvalue weighted by molar-refractivity contribution is 6.32. The number of benzene rings is 9. The van der Waals surface area contributed by atoms with Gasteiger partial charge in [0.25, 0.3) is 0 Å². The molecule has 0 amide bonds. The molecule has 9 aromatic carbocycles. The number of rotatable bonds is 3. The fourth-order valence-corrected chi connectivity index (χ4v) is 9.89. The van der Waals surface area contributed by atoms with E-state index in [1.54, 1.807) is 0 Å². The highest BCUT2D eigenvalue weighted by Crippen LogP contribution is 2.59. The zero-order valence-electron chi connectivity index (χ0n) is 28.3. The number of hydrogen-bond donors (Lipinski definition) is 0. The minimum absolute atomic E-state index is 0.132. The number of pyridine rings is 1. The number of fused-ring (bicyclic) bond motifs is 2. The van der Waals surface area contributed by atoms with E-state index in [1.807, 2.05) is 0 Å². The van der Waals surface area contributed by atoms with Crippen LogP contribution in [0.25, 0.3) is 76.7 Å². The summed E-state index contributed by atoms with van der Waals surface area (Å²) < 4.78 is 0. The summed E-state index contributed by atoms with van der Waals surface area (Å²) in [6.45, 7) is 0. The van der Waals surface area contributed by atoms with Crippen molar-refractivity contribution in [2.75, 3.05) is 0 Å². The Morgan fingerprint density at radius 3 is 1.37 bits per heavy atom. The van der Waals surface area contributed by atoms with E-state index in [9.17, 15) is 0 Å². The van der Waals surface area contributed by atoms with E-state index in [0.29, 0.717) is 0 Å². The Balaban J connectivity index is 1.26. The SMILES string of the molecule is c1ccc(-c2nc3c(cc4ccc5c(-c6ccccc6)cc(-c6ccccc6)c6ccc3c4c56)c3c2C2c4ccccc4C3c3ccccc32)cc1. The standard InChI is InChI=1S/C51H31N/c1-4-14-30(15-5-1)41-29-42(31-16-6-2-7-17-31)39-26-27-40-44-33(24-25-38(41)45(39)44)28-43-48-46-34-20-10-12-22-36(34)47(37-23-13-11-21-35(37)46)49(48)50(52-51(40)43)32-18-8-3-9-19-32/h1-29,46-47H. The smallest absolute Gasteiger partial charge is 0.0791 e. The van der Waals surface area contributed by atoms with Crippen LogP contribution >= 0.6 is 0 Å². The third-order valence-corrected chi connectivity index (χ3v) is 12.0. The molecule has 0 radical (unpaired) electrons. The lowest BCUT2D eigenvalue weighted by atomic mass is 9.60. The molecule has 1 heteroatoms. The molecular weight excluding hydrogens is 627 g/mol. The van der Waals surface area contributed by atoms with E-state index in [2.05, 4.69) is 176 Å². The fraction of sp³-hybridized carbons (Fsp3) is 0.0392. The van der Waals surface area contributed by atoms with Crippen LogP contribution < -0.4 is 0 Å². The average Bonchev–Trinajstić information content (AvgIpc) is 3.22. The van der Waals surface area contributed by atoms with Gasteiger partial charge in [-0.25, -0.2) is 4.98 Å². The van der Waals surface area contributed by atoms with Gasteiger partial charge in [0.05, 0.1) is 11.2 Å². The second-order valence-electron chi connectivity index (χ2n) is 14.5. The van der Waals surface area contributed by atoms with Crippen molar-refractivity contribution in [2.24, 2.45) is 0 Å². The maximum Gasteiger partial charge on any atom is 0.0791 e. The van der Waals surface area contributed by atoms with Crippen molar-refractivity contribution >= 4 is 43.2 Å². The summed E-state index contributed by atoms with van der Waals surface area (Å²) in [5, 5.41) is 8.93. The zero-order chi connectivity index (χ0) is 33.9. The zero-order valence-corrected chi connectivity index (χ0v) is 28.3. The summed E-state index contributed by atoms with van der Waals surface area (Å²) in [5.74, 6) is 0.273. The van der Waals surface area contributed by atoms with Crippen LogP contribution in [0.5, 0.6) is 0 Å². The Hall–Kier alpha value is -6.57. The van der Waals surface area contributed by atoms with Gasteiger partial charge in [-0.2, -0.15) is 0 Å². The number of nitrogens with zero attached hydrogens (tertiary/aromatic N) is 1. The molecule has 2 bridgehead atoms. The predicted molar refractivity (Wildman–Crippen MR) is 217 cm³/mol. The minimum atomic E-state index is 0.132. The molecule has 0 saturated carbocycles. The van der Waals surface area contributed by atoms with Gasteiger partial charge in [-0.1, -0.05) is 164 Å². The van der Waals surface area contributed by atoms with Gasteiger partial charge in [-0.15, -0.1) is 0 Å². The minimum Gasteiger partial charge on any atom is -0.247 e. The first kappa shape index (κ1) is 28.2. The van der Waals surface area contributed by atoms with Gasteiger partial charge in [-0.05, 0) is 94.7 Å². The van der Waals surface area contributed by atoms with Crippen molar-refractivity contribution in [3.63, 3.8) is 0 Å². The van der Waals surface area contributed by atoms with Crippen molar-refractivity contribution in [3.8, 4) is 33.5 Å². The van der Waals surface area contributed by atoms with Crippen LogP contribution in [0.4, 0.5) is 0 Å². The quantitative estimate of drug-likeness (QED) is 0.136. The van der Waals surface area contributed by atoms with Crippen molar-refractivity contribution in [1.29, 1.82) is 0 Å². The number of hydrogen-bond acceptors (Lipinski definition) is 1. The lowest BCUT2D eigenvalue weighted by molar-refractivity contribution is 0.759. The first-order valence-corrected chi connectivity index (χ1v) is 18.3. The summed E-state index contributed by atoms with van der Waals surface area (Å²) in [4.78, 5) is 5.79. The summed E-state index contributed by atoms with van der Waals surface area (Å²) in [6, 6.07) is 65.2. The monoisotopic (exact) mass is 657 g/mol. The molecule has 0 unspecified atom stereocenters. The Bertz CT molecular complexity index is 2950. The van der Waals surface area contributed by atoms with E-state index >= 15 is 0 Å². The van der Waals surface area contributed by atoms with Gasteiger partial charge in [0.2, 0.25) is 0 Å². The van der Waals surface area contributed by atoms with E-state index in [-0.39, 0.29) is 11.8 Å². The molecule has 10 aromatic rings. The molecule has 0 fully saturated rings. The highest BCUT2D eigenvalue weighted by atomic mass is 14.7. The largest absolute Gasteiger partial charge is 0.247 e. The lowest BCUT2D eigenvalue weighted by Gasteiger charge is -2.43. The second kappa shape index (κ2) is 10.5. The van der Waals surface area contributed by atoms with Crippen LogP contribution in [-0.4, -0.2) is 4.98 Å². The van der Waals surface area contributed by atoms with Crippen LogP contribution in [-0.2, 0) is 0 Å². The predicted octanol–water partition coefficient (Wildman–Crippen LogP) is 13.1. The van der Waals surface area contributed by atoms with E-state index < -0.39 is 0 Å². The third kappa shape index (κ3) is 3.70. The first-order chi connectivity index (χ1) is 25.8. The van der Waals surface area contributed by atoms with Crippen LogP contribution in [0.2, 0.25) is 0 Å². The van der Waals surface area contributed by atoms with E-state index in [0.717, 1.165) is 11.2 Å². The summed E-state index contributed by atoms with van der Waals surface area (Å²) in [7, 11) is 0. The molecule has 3 aliphatic carbocycles. The molecule has 0 N–H and O–H groups in total. The first-order valence-electron chi connectivity index (χ1n) is 18.3. The second-order valence-corrected chi connectivity index (χ2v) is 14.5. The van der Waals surface area contributed by atoms with Gasteiger partial charge in [0.1, 0.15) is 0 Å². The molecular formula is C51H31N. The highest BCUT2D eigenvalue weighted by Gasteiger charge is 2.44. The van der Waals surface area contributed by atoms with Gasteiger partial charge in [-0.3, -0.25) is 0 Å². The Labute approximate surface area is 301 Å². The maximum atomic E-state index is 5.79. The van der Waals surface area contributed by atoms with Gasteiger partial charge >= 0.3 is 0 Å². The Morgan fingerprint density at radius 2 is 0.808 bits per heavy atom. The molecule has 0 spiro atoms.